The molecule has 0 aliphatic heterocycles. The van der Waals surface area contributed by atoms with Gasteiger partial charge in [-0.1, -0.05) is 32.3 Å². The van der Waals surface area contributed by atoms with Crippen molar-refractivity contribution in [3.05, 3.63) is 23.8 Å². The van der Waals surface area contributed by atoms with Crippen molar-refractivity contribution in [2.75, 3.05) is 11.1 Å². The summed E-state index contributed by atoms with van der Waals surface area (Å²) >= 11 is 0. The van der Waals surface area contributed by atoms with E-state index in [-0.39, 0.29) is 0 Å². The van der Waals surface area contributed by atoms with Crippen molar-refractivity contribution >= 4 is 11.4 Å². The molecule has 0 spiro atoms. The third-order valence-corrected chi connectivity index (χ3v) is 4.00. The molecule has 96 valence electrons. The lowest BCUT2D eigenvalue weighted by atomic mass is 9.82. The highest BCUT2D eigenvalue weighted by atomic mass is 14.9. The molecule has 0 bridgehead atoms. The van der Waals surface area contributed by atoms with Gasteiger partial charge in [0.2, 0.25) is 0 Å². The standard InChI is InChI=1S/C15H21N3/c1-2-11-6-3-4-8-13(11)18-14-9-5-7-12(10-16)15(14)17/h5,7,9,11,13,18H,2-4,6,8,17H2,1H3. The molecule has 18 heavy (non-hydrogen) atoms. The van der Waals surface area contributed by atoms with E-state index < -0.39 is 0 Å². The van der Waals surface area contributed by atoms with E-state index in [0.717, 1.165) is 11.6 Å². The van der Waals surface area contributed by atoms with Crippen LogP contribution in [-0.2, 0) is 0 Å². The first-order valence-corrected chi connectivity index (χ1v) is 6.81. The van der Waals surface area contributed by atoms with Crippen molar-refractivity contribution in [1.29, 1.82) is 5.26 Å². The molecule has 0 radical (unpaired) electrons. The predicted octanol–water partition coefficient (Wildman–Crippen LogP) is 3.52. The number of benzene rings is 1. The number of nitrogens with one attached hydrogen (secondary N) is 1. The van der Waals surface area contributed by atoms with Crippen molar-refractivity contribution in [1.82, 2.24) is 0 Å². The summed E-state index contributed by atoms with van der Waals surface area (Å²) in [4.78, 5) is 0. The number of nitrogen functional groups attached to an aromatic ring is 1. The SMILES string of the molecule is CCC1CCCCC1Nc1cccc(C#N)c1N. The number of nitrogens with two attached hydrogens (primary N) is 1. The number of nitriles is 1. The smallest absolute Gasteiger partial charge is 0.101 e. The highest BCUT2D eigenvalue weighted by Crippen LogP contribution is 2.31. The summed E-state index contributed by atoms with van der Waals surface area (Å²) in [5.74, 6) is 0.726. The van der Waals surface area contributed by atoms with Crippen LogP contribution in [0.1, 0.15) is 44.6 Å². The molecule has 1 aromatic carbocycles. The largest absolute Gasteiger partial charge is 0.396 e. The van der Waals surface area contributed by atoms with Gasteiger partial charge >= 0.3 is 0 Å². The summed E-state index contributed by atoms with van der Waals surface area (Å²) < 4.78 is 0. The van der Waals surface area contributed by atoms with Gasteiger partial charge in [0.05, 0.1) is 16.9 Å². The Morgan fingerprint density at radius 2 is 2.17 bits per heavy atom. The quantitative estimate of drug-likeness (QED) is 0.798. The average Bonchev–Trinajstić information content (AvgIpc) is 2.42. The first-order chi connectivity index (χ1) is 8.76. The van der Waals surface area contributed by atoms with Gasteiger partial charge in [0.25, 0.3) is 0 Å². The highest BCUT2D eigenvalue weighted by Gasteiger charge is 2.24. The van der Waals surface area contributed by atoms with E-state index in [1.54, 1.807) is 6.07 Å². The molecule has 1 saturated carbocycles. The third kappa shape index (κ3) is 2.59. The molecule has 1 aromatic rings. The maximum absolute atomic E-state index is 8.99. The minimum Gasteiger partial charge on any atom is -0.396 e. The molecule has 3 nitrogen and oxygen atoms in total. The van der Waals surface area contributed by atoms with Gasteiger partial charge in [-0.15, -0.1) is 0 Å². The monoisotopic (exact) mass is 243 g/mol. The number of hydrogen-bond donors (Lipinski definition) is 2. The van der Waals surface area contributed by atoms with E-state index in [2.05, 4.69) is 18.3 Å². The molecule has 1 aliphatic carbocycles. The lowest BCUT2D eigenvalue weighted by molar-refractivity contribution is 0.317. The fourth-order valence-corrected chi connectivity index (χ4v) is 2.87. The first kappa shape index (κ1) is 12.8. The molecule has 2 unspecified atom stereocenters. The molecule has 0 saturated heterocycles. The van der Waals surface area contributed by atoms with Gasteiger partial charge in [-0.2, -0.15) is 5.26 Å². The van der Waals surface area contributed by atoms with Crippen molar-refractivity contribution in [2.45, 2.75) is 45.1 Å². The van der Waals surface area contributed by atoms with Crippen LogP contribution in [-0.4, -0.2) is 6.04 Å². The zero-order valence-electron chi connectivity index (χ0n) is 10.9. The van der Waals surface area contributed by atoms with Gasteiger partial charge in [-0.05, 0) is 30.9 Å². The van der Waals surface area contributed by atoms with Crippen LogP contribution in [0.25, 0.3) is 0 Å². The normalized spacial score (nSPS) is 23.3. The van der Waals surface area contributed by atoms with E-state index in [4.69, 9.17) is 11.0 Å². The lowest BCUT2D eigenvalue weighted by Crippen LogP contribution is -2.32. The van der Waals surface area contributed by atoms with Crippen LogP contribution < -0.4 is 11.1 Å². The Morgan fingerprint density at radius 3 is 2.89 bits per heavy atom. The zero-order chi connectivity index (χ0) is 13.0. The summed E-state index contributed by atoms with van der Waals surface area (Å²) in [5, 5.41) is 12.5. The summed E-state index contributed by atoms with van der Waals surface area (Å²) in [5.41, 5.74) is 8.07. The molecule has 0 heterocycles. The molecular weight excluding hydrogens is 222 g/mol. The van der Waals surface area contributed by atoms with Crippen LogP contribution in [0.15, 0.2) is 18.2 Å². The molecule has 1 fully saturated rings. The number of para-hydroxylation sites is 1. The third-order valence-electron chi connectivity index (χ3n) is 4.00. The number of hydrogen-bond acceptors (Lipinski definition) is 3. The van der Waals surface area contributed by atoms with Crippen LogP contribution in [0.5, 0.6) is 0 Å². The lowest BCUT2D eigenvalue weighted by Gasteiger charge is -2.32. The second-order valence-corrected chi connectivity index (χ2v) is 5.08. The predicted molar refractivity (Wildman–Crippen MR) is 75.2 cm³/mol. The van der Waals surface area contributed by atoms with Crippen LogP contribution in [0.2, 0.25) is 0 Å². The first-order valence-electron chi connectivity index (χ1n) is 6.81. The molecule has 3 heteroatoms. The Balaban J connectivity index is 2.15. The topological polar surface area (TPSA) is 61.8 Å². The van der Waals surface area contributed by atoms with Gasteiger partial charge in [0.1, 0.15) is 6.07 Å². The van der Waals surface area contributed by atoms with Gasteiger partial charge in [0.15, 0.2) is 0 Å². The van der Waals surface area contributed by atoms with Crippen molar-refractivity contribution in [2.24, 2.45) is 5.92 Å². The van der Waals surface area contributed by atoms with Gasteiger partial charge < -0.3 is 11.1 Å². The highest BCUT2D eigenvalue weighted by molar-refractivity contribution is 5.73. The summed E-state index contributed by atoms with van der Waals surface area (Å²) in [6, 6.07) is 8.26. The molecule has 3 N–H and O–H groups in total. The van der Waals surface area contributed by atoms with Crippen LogP contribution in [0, 0.1) is 17.2 Å². The van der Waals surface area contributed by atoms with E-state index in [0.29, 0.717) is 17.3 Å². The fraction of sp³-hybridized carbons (Fsp3) is 0.533. The minimum atomic E-state index is 0.500. The molecule has 1 aliphatic rings. The Kier molecular flexibility index (Phi) is 4.09. The van der Waals surface area contributed by atoms with Crippen LogP contribution in [0.3, 0.4) is 0 Å². The summed E-state index contributed by atoms with van der Waals surface area (Å²) in [7, 11) is 0. The summed E-state index contributed by atoms with van der Waals surface area (Å²) in [6.45, 7) is 2.25. The fourth-order valence-electron chi connectivity index (χ4n) is 2.87. The molecule has 2 rings (SSSR count). The Morgan fingerprint density at radius 1 is 1.39 bits per heavy atom. The number of nitrogens with zero attached hydrogens (tertiary/aromatic N) is 1. The van der Waals surface area contributed by atoms with Crippen molar-refractivity contribution < 1.29 is 0 Å². The van der Waals surface area contributed by atoms with Crippen molar-refractivity contribution in [3.8, 4) is 6.07 Å². The molecule has 0 aromatic heterocycles. The maximum Gasteiger partial charge on any atom is 0.101 e. The number of anilines is 2. The second kappa shape index (κ2) is 5.77. The molecular formula is C15H21N3. The summed E-state index contributed by atoms with van der Waals surface area (Å²) in [6.07, 6.45) is 6.33. The van der Waals surface area contributed by atoms with Gasteiger partial charge in [-0.25, -0.2) is 0 Å². The Bertz CT molecular complexity index is 448. The second-order valence-electron chi connectivity index (χ2n) is 5.08. The van der Waals surface area contributed by atoms with E-state index in [1.807, 2.05) is 12.1 Å². The Labute approximate surface area is 109 Å². The maximum atomic E-state index is 8.99. The minimum absolute atomic E-state index is 0.500. The van der Waals surface area contributed by atoms with E-state index in [9.17, 15) is 0 Å². The van der Waals surface area contributed by atoms with E-state index >= 15 is 0 Å². The van der Waals surface area contributed by atoms with Crippen molar-refractivity contribution in [3.63, 3.8) is 0 Å². The van der Waals surface area contributed by atoms with Crippen LogP contribution >= 0.6 is 0 Å². The zero-order valence-corrected chi connectivity index (χ0v) is 10.9. The molecule has 2 atom stereocenters. The van der Waals surface area contributed by atoms with Gasteiger partial charge in [0, 0.05) is 6.04 Å². The molecule has 0 amide bonds. The van der Waals surface area contributed by atoms with E-state index in [1.165, 1.54) is 32.1 Å². The Hall–Kier alpha value is -1.69. The number of rotatable bonds is 3. The average molecular weight is 243 g/mol. The van der Waals surface area contributed by atoms with Gasteiger partial charge in [-0.3, -0.25) is 0 Å². The van der Waals surface area contributed by atoms with Crippen LogP contribution in [0.4, 0.5) is 11.4 Å².